The SMILES string of the molecule is Clc1cncnc1-n1cccn1. The predicted molar refractivity (Wildman–Crippen MR) is 44.2 cm³/mol. The molecule has 2 heterocycles. The van der Waals surface area contributed by atoms with Crippen molar-refractivity contribution in [3.8, 4) is 5.82 Å². The van der Waals surface area contributed by atoms with Crippen LogP contribution in [0.1, 0.15) is 0 Å². The molecule has 0 fully saturated rings. The van der Waals surface area contributed by atoms with Gasteiger partial charge in [-0.2, -0.15) is 5.10 Å². The third-order valence-electron chi connectivity index (χ3n) is 1.37. The average molecular weight is 181 g/mol. The zero-order valence-corrected chi connectivity index (χ0v) is 6.81. The van der Waals surface area contributed by atoms with Crippen molar-refractivity contribution in [1.29, 1.82) is 0 Å². The van der Waals surface area contributed by atoms with Crippen LogP contribution in [-0.2, 0) is 0 Å². The molecular formula is C7H5ClN4. The van der Waals surface area contributed by atoms with Gasteiger partial charge in [-0.1, -0.05) is 11.6 Å². The van der Waals surface area contributed by atoms with Crippen LogP contribution in [-0.4, -0.2) is 19.7 Å². The second kappa shape index (κ2) is 2.91. The first-order valence-electron chi connectivity index (χ1n) is 3.33. The van der Waals surface area contributed by atoms with E-state index in [1.165, 1.54) is 12.5 Å². The molecule has 0 aliphatic heterocycles. The molecular weight excluding hydrogens is 176 g/mol. The Balaban J connectivity index is 2.55. The Kier molecular flexibility index (Phi) is 1.75. The molecule has 0 unspecified atom stereocenters. The number of hydrogen-bond donors (Lipinski definition) is 0. The summed E-state index contributed by atoms with van der Waals surface area (Å²) in [5, 5.41) is 4.48. The molecule has 0 spiro atoms. The first kappa shape index (κ1) is 7.24. The van der Waals surface area contributed by atoms with Crippen molar-refractivity contribution < 1.29 is 0 Å². The van der Waals surface area contributed by atoms with Gasteiger partial charge in [0.15, 0.2) is 5.82 Å². The van der Waals surface area contributed by atoms with E-state index in [-0.39, 0.29) is 0 Å². The van der Waals surface area contributed by atoms with Gasteiger partial charge in [0.1, 0.15) is 11.3 Å². The number of hydrogen-bond acceptors (Lipinski definition) is 3. The maximum atomic E-state index is 5.83. The highest BCUT2D eigenvalue weighted by Crippen LogP contribution is 2.13. The van der Waals surface area contributed by atoms with Gasteiger partial charge >= 0.3 is 0 Å². The summed E-state index contributed by atoms with van der Waals surface area (Å²) in [4.78, 5) is 7.75. The third kappa shape index (κ3) is 1.16. The molecule has 2 aromatic heterocycles. The predicted octanol–water partition coefficient (Wildman–Crippen LogP) is 1.32. The second-order valence-corrected chi connectivity index (χ2v) is 2.55. The van der Waals surface area contributed by atoms with Crippen molar-refractivity contribution in [3.63, 3.8) is 0 Å². The fourth-order valence-corrected chi connectivity index (χ4v) is 1.06. The van der Waals surface area contributed by atoms with Crippen LogP contribution in [0.15, 0.2) is 31.0 Å². The van der Waals surface area contributed by atoms with Crippen LogP contribution in [0.25, 0.3) is 5.82 Å². The van der Waals surface area contributed by atoms with Crippen molar-refractivity contribution in [2.75, 3.05) is 0 Å². The van der Waals surface area contributed by atoms with Crippen molar-refractivity contribution in [2.24, 2.45) is 0 Å². The van der Waals surface area contributed by atoms with Gasteiger partial charge in [0.05, 0.1) is 6.20 Å². The average Bonchev–Trinajstić information content (AvgIpc) is 2.57. The normalized spacial score (nSPS) is 10.1. The zero-order valence-electron chi connectivity index (χ0n) is 6.05. The molecule has 12 heavy (non-hydrogen) atoms. The topological polar surface area (TPSA) is 43.6 Å². The minimum Gasteiger partial charge on any atom is -0.243 e. The summed E-state index contributed by atoms with van der Waals surface area (Å²) in [7, 11) is 0. The molecule has 5 heteroatoms. The summed E-state index contributed by atoms with van der Waals surface area (Å²) >= 11 is 5.83. The van der Waals surface area contributed by atoms with E-state index in [0.717, 1.165) is 0 Å². The molecule has 2 aromatic rings. The Morgan fingerprint density at radius 1 is 1.42 bits per heavy atom. The van der Waals surface area contributed by atoms with Crippen LogP contribution in [0.2, 0.25) is 5.02 Å². The quantitative estimate of drug-likeness (QED) is 0.665. The highest BCUT2D eigenvalue weighted by Gasteiger charge is 2.02. The minimum atomic E-state index is 0.487. The zero-order chi connectivity index (χ0) is 8.39. The Morgan fingerprint density at radius 2 is 2.33 bits per heavy atom. The van der Waals surface area contributed by atoms with Crippen LogP contribution >= 0.6 is 11.6 Å². The summed E-state index contributed by atoms with van der Waals surface area (Å²) < 4.78 is 1.59. The number of rotatable bonds is 1. The lowest BCUT2D eigenvalue weighted by Gasteiger charge is -1.99. The van der Waals surface area contributed by atoms with E-state index in [1.807, 2.05) is 0 Å². The lowest BCUT2D eigenvalue weighted by Crippen LogP contribution is -1.98. The number of aromatic nitrogens is 4. The molecule has 0 aromatic carbocycles. The molecule has 0 aliphatic carbocycles. The maximum Gasteiger partial charge on any atom is 0.175 e. The second-order valence-electron chi connectivity index (χ2n) is 2.14. The summed E-state index contributed by atoms with van der Waals surface area (Å²) in [6, 6.07) is 1.80. The monoisotopic (exact) mass is 180 g/mol. The van der Waals surface area contributed by atoms with Crippen LogP contribution in [0.3, 0.4) is 0 Å². The van der Waals surface area contributed by atoms with Crippen LogP contribution in [0.4, 0.5) is 0 Å². The van der Waals surface area contributed by atoms with Gasteiger partial charge in [-0.05, 0) is 6.07 Å². The molecule has 2 rings (SSSR count). The fraction of sp³-hybridized carbons (Fsp3) is 0. The van der Waals surface area contributed by atoms with E-state index in [2.05, 4.69) is 15.1 Å². The van der Waals surface area contributed by atoms with E-state index in [9.17, 15) is 0 Å². The summed E-state index contributed by atoms with van der Waals surface area (Å²) in [6.07, 6.45) is 6.40. The van der Waals surface area contributed by atoms with E-state index in [4.69, 9.17) is 11.6 Å². The largest absolute Gasteiger partial charge is 0.243 e. The van der Waals surface area contributed by atoms with Gasteiger partial charge in [-0.15, -0.1) is 0 Å². The Bertz CT molecular complexity index is 371. The van der Waals surface area contributed by atoms with E-state index in [1.54, 1.807) is 23.1 Å². The number of nitrogens with zero attached hydrogens (tertiary/aromatic N) is 4. The van der Waals surface area contributed by atoms with Crippen LogP contribution in [0, 0.1) is 0 Å². The molecule has 0 saturated heterocycles. The first-order chi connectivity index (χ1) is 5.88. The van der Waals surface area contributed by atoms with Crippen molar-refractivity contribution in [2.45, 2.75) is 0 Å². The van der Waals surface area contributed by atoms with Crippen molar-refractivity contribution >= 4 is 11.6 Å². The highest BCUT2D eigenvalue weighted by atomic mass is 35.5. The van der Waals surface area contributed by atoms with Crippen molar-refractivity contribution in [1.82, 2.24) is 19.7 Å². The maximum absolute atomic E-state index is 5.83. The van der Waals surface area contributed by atoms with Gasteiger partial charge < -0.3 is 0 Å². The standard InChI is InChI=1S/C7H5ClN4/c8-6-4-9-5-10-7(6)12-3-1-2-11-12/h1-5H. The lowest BCUT2D eigenvalue weighted by molar-refractivity contribution is 0.839. The minimum absolute atomic E-state index is 0.487. The Morgan fingerprint density at radius 3 is 3.00 bits per heavy atom. The van der Waals surface area contributed by atoms with Gasteiger partial charge in [-0.25, -0.2) is 14.6 Å². The van der Waals surface area contributed by atoms with Crippen LogP contribution < -0.4 is 0 Å². The third-order valence-corrected chi connectivity index (χ3v) is 1.64. The summed E-state index contributed by atoms with van der Waals surface area (Å²) in [6.45, 7) is 0. The molecule has 0 saturated carbocycles. The molecule has 0 aliphatic rings. The van der Waals surface area contributed by atoms with Crippen molar-refractivity contribution in [3.05, 3.63) is 36.0 Å². The Labute approximate surface area is 73.8 Å². The van der Waals surface area contributed by atoms with Gasteiger partial charge in [0, 0.05) is 12.4 Å². The molecule has 4 nitrogen and oxygen atoms in total. The van der Waals surface area contributed by atoms with Gasteiger partial charge in [0.2, 0.25) is 0 Å². The lowest BCUT2D eigenvalue weighted by atomic mass is 10.6. The molecule has 60 valence electrons. The molecule has 0 atom stereocenters. The Hall–Kier alpha value is -1.42. The molecule has 0 N–H and O–H groups in total. The first-order valence-corrected chi connectivity index (χ1v) is 3.71. The van der Waals surface area contributed by atoms with Crippen LogP contribution in [0.5, 0.6) is 0 Å². The molecule has 0 bridgehead atoms. The number of halogens is 1. The van der Waals surface area contributed by atoms with Gasteiger partial charge in [0.25, 0.3) is 0 Å². The van der Waals surface area contributed by atoms with Gasteiger partial charge in [-0.3, -0.25) is 0 Å². The smallest absolute Gasteiger partial charge is 0.175 e. The molecule has 0 radical (unpaired) electrons. The van der Waals surface area contributed by atoms with E-state index in [0.29, 0.717) is 10.8 Å². The highest BCUT2D eigenvalue weighted by molar-refractivity contribution is 6.31. The van der Waals surface area contributed by atoms with E-state index < -0.39 is 0 Å². The fourth-order valence-electron chi connectivity index (χ4n) is 0.869. The van der Waals surface area contributed by atoms with E-state index >= 15 is 0 Å². The molecule has 0 amide bonds. The summed E-state index contributed by atoms with van der Waals surface area (Å²) in [5.41, 5.74) is 0. The summed E-state index contributed by atoms with van der Waals surface area (Å²) in [5.74, 6) is 0.594.